The molecule has 0 spiro atoms. The lowest BCUT2D eigenvalue weighted by molar-refractivity contribution is -0.141. The smallest absolute Gasteiger partial charge is 0.303 e. The van der Waals surface area contributed by atoms with Crippen molar-refractivity contribution in [3.8, 4) is 11.5 Å². The highest BCUT2D eigenvalue weighted by molar-refractivity contribution is 6.03. The molecule has 2 aromatic rings. The summed E-state index contributed by atoms with van der Waals surface area (Å²) in [5, 5.41) is 14.9. The fourth-order valence-electron chi connectivity index (χ4n) is 3.48. The van der Waals surface area contributed by atoms with Gasteiger partial charge in [0.25, 0.3) is 0 Å². The molecule has 152 valence electrons. The number of rotatable bonds is 7. The van der Waals surface area contributed by atoms with Gasteiger partial charge in [0.15, 0.2) is 11.5 Å². The van der Waals surface area contributed by atoms with Gasteiger partial charge in [0.2, 0.25) is 5.91 Å². The van der Waals surface area contributed by atoms with E-state index in [-0.39, 0.29) is 18.7 Å². The van der Waals surface area contributed by atoms with Crippen molar-refractivity contribution < 1.29 is 24.2 Å². The first-order chi connectivity index (χ1) is 13.9. The SMILES string of the molecule is COc1cccc([C@@H]2CC(c3cccc(C)c3)=NN2C(=O)CCC(=O)O)c1OC. The third-order valence-corrected chi connectivity index (χ3v) is 4.86. The van der Waals surface area contributed by atoms with Crippen molar-refractivity contribution in [1.82, 2.24) is 5.01 Å². The summed E-state index contributed by atoms with van der Waals surface area (Å²) in [6.07, 6.45) is 0.126. The van der Waals surface area contributed by atoms with Crippen molar-refractivity contribution in [2.24, 2.45) is 5.10 Å². The van der Waals surface area contributed by atoms with Gasteiger partial charge in [0.05, 0.1) is 32.4 Å². The maximum atomic E-state index is 12.8. The van der Waals surface area contributed by atoms with Gasteiger partial charge in [-0.05, 0) is 18.6 Å². The van der Waals surface area contributed by atoms with Crippen LogP contribution in [0.3, 0.4) is 0 Å². The van der Waals surface area contributed by atoms with E-state index in [2.05, 4.69) is 5.10 Å². The van der Waals surface area contributed by atoms with Crippen molar-refractivity contribution in [2.75, 3.05) is 14.2 Å². The van der Waals surface area contributed by atoms with E-state index in [1.54, 1.807) is 20.3 Å². The van der Waals surface area contributed by atoms with Crippen LogP contribution in [-0.4, -0.2) is 41.9 Å². The molecule has 0 unspecified atom stereocenters. The Balaban J connectivity index is 2.01. The number of amides is 1. The molecule has 0 aliphatic carbocycles. The molecule has 0 radical (unpaired) electrons. The second-order valence-electron chi connectivity index (χ2n) is 6.85. The molecule has 0 fully saturated rings. The zero-order valence-corrected chi connectivity index (χ0v) is 16.7. The van der Waals surface area contributed by atoms with E-state index in [9.17, 15) is 9.59 Å². The number of para-hydroxylation sites is 1. The van der Waals surface area contributed by atoms with Crippen LogP contribution in [0.4, 0.5) is 0 Å². The van der Waals surface area contributed by atoms with Crippen molar-refractivity contribution >= 4 is 17.6 Å². The van der Waals surface area contributed by atoms with Crippen molar-refractivity contribution in [2.45, 2.75) is 32.2 Å². The Labute approximate surface area is 169 Å². The quantitative estimate of drug-likeness (QED) is 0.773. The molecule has 1 N–H and O–H groups in total. The average molecular weight is 396 g/mol. The largest absolute Gasteiger partial charge is 0.493 e. The molecule has 7 nitrogen and oxygen atoms in total. The van der Waals surface area contributed by atoms with E-state index in [1.165, 1.54) is 5.01 Å². The number of ether oxygens (including phenoxy) is 2. The molecule has 0 saturated heterocycles. The van der Waals surface area contributed by atoms with Gasteiger partial charge >= 0.3 is 5.97 Å². The zero-order valence-electron chi connectivity index (χ0n) is 16.7. The molecule has 0 bridgehead atoms. The van der Waals surface area contributed by atoms with E-state index in [4.69, 9.17) is 14.6 Å². The third-order valence-electron chi connectivity index (χ3n) is 4.86. The summed E-state index contributed by atoms with van der Waals surface area (Å²) in [5.41, 5.74) is 3.57. The second kappa shape index (κ2) is 8.77. The van der Waals surface area contributed by atoms with Gasteiger partial charge in [-0.3, -0.25) is 9.59 Å². The third kappa shape index (κ3) is 4.39. The summed E-state index contributed by atoms with van der Waals surface area (Å²) in [6.45, 7) is 2.00. The molecule has 1 aliphatic rings. The Morgan fingerprint density at radius 2 is 1.90 bits per heavy atom. The molecule has 1 amide bonds. The van der Waals surface area contributed by atoms with Crippen LogP contribution in [0, 0.1) is 6.92 Å². The summed E-state index contributed by atoms with van der Waals surface area (Å²) in [6, 6.07) is 13.0. The summed E-state index contributed by atoms with van der Waals surface area (Å²) in [4.78, 5) is 23.7. The molecule has 1 aliphatic heterocycles. The van der Waals surface area contributed by atoms with Crippen molar-refractivity contribution in [3.05, 3.63) is 59.2 Å². The number of aryl methyl sites for hydroxylation is 1. The van der Waals surface area contributed by atoms with E-state index < -0.39 is 12.0 Å². The molecular formula is C22H24N2O5. The number of carboxylic acid groups (broad SMARTS) is 1. The number of hydrazone groups is 1. The standard InChI is InChI=1S/C22H24N2O5/c1-14-6-4-7-15(12-14)17-13-18(24(23-17)20(25)10-11-21(26)27)16-8-5-9-19(28-2)22(16)29-3/h4-9,12,18H,10-11,13H2,1-3H3,(H,26,27)/t18-/m0/s1. The van der Waals surface area contributed by atoms with Gasteiger partial charge in [0.1, 0.15) is 0 Å². The topological polar surface area (TPSA) is 88.4 Å². The second-order valence-corrected chi connectivity index (χ2v) is 6.85. The van der Waals surface area contributed by atoms with E-state index in [0.717, 1.165) is 22.4 Å². The number of nitrogens with zero attached hydrogens (tertiary/aromatic N) is 2. The molecule has 29 heavy (non-hydrogen) atoms. The number of aliphatic carboxylic acids is 1. The Kier molecular flexibility index (Phi) is 6.16. The minimum Gasteiger partial charge on any atom is -0.493 e. The number of carboxylic acids is 1. The van der Waals surface area contributed by atoms with Crippen LogP contribution in [0.2, 0.25) is 0 Å². The van der Waals surface area contributed by atoms with E-state index in [0.29, 0.717) is 17.9 Å². The fraction of sp³-hybridized carbons (Fsp3) is 0.318. The molecule has 2 aromatic carbocycles. The summed E-state index contributed by atoms with van der Waals surface area (Å²) in [5.74, 6) is -0.260. The maximum absolute atomic E-state index is 12.8. The van der Waals surface area contributed by atoms with Gasteiger partial charge in [0, 0.05) is 18.4 Å². The number of carbonyl (C=O) groups is 2. The number of methoxy groups -OCH3 is 2. The Morgan fingerprint density at radius 1 is 1.14 bits per heavy atom. The molecule has 0 aromatic heterocycles. The average Bonchev–Trinajstić information content (AvgIpc) is 3.16. The number of hydrogen-bond donors (Lipinski definition) is 1. The Hall–Kier alpha value is -3.35. The first-order valence-corrected chi connectivity index (χ1v) is 9.33. The monoisotopic (exact) mass is 396 g/mol. The minimum atomic E-state index is -1.02. The van der Waals surface area contributed by atoms with Gasteiger partial charge < -0.3 is 14.6 Å². The highest BCUT2D eigenvalue weighted by atomic mass is 16.5. The van der Waals surface area contributed by atoms with Gasteiger partial charge in [-0.1, -0.05) is 42.0 Å². The lowest BCUT2D eigenvalue weighted by atomic mass is 9.96. The van der Waals surface area contributed by atoms with E-state index in [1.807, 2.05) is 43.3 Å². The minimum absolute atomic E-state index is 0.122. The highest BCUT2D eigenvalue weighted by Gasteiger charge is 2.35. The zero-order chi connectivity index (χ0) is 21.0. The van der Waals surface area contributed by atoms with Crippen molar-refractivity contribution in [1.29, 1.82) is 0 Å². The highest BCUT2D eigenvalue weighted by Crippen LogP contribution is 2.42. The number of hydrogen-bond acceptors (Lipinski definition) is 5. The maximum Gasteiger partial charge on any atom is 0.303 e. The fourth-order valence-corrected chi connectivity index (χ4v) is 3.48. The van der Waals surface area contributed by atoms with E-state index >= 15 is 0 Å². The summed E-state index contributed by atoms with van der Waals surface area (Å²) < 4.78 is 11.0. The number of benzene rings is 2. The van der Waals surface area contributed by atoms with Crippen LogP contribution in [-0.2, 0) is 9.59 Å². The van der Waals surface area contributed by atoms with Gasteiger partial charge in [-0.2, -0.15) is 5.10 Å². The first-order valence-electron chi connectivity index (χ1n) is 9.33. The van der Waals surface area contributed by atoms with Crippen molar-refractivity contribution in [3.63, 3.8) is 0 Å². The first kappa shape index (κ1) is 20.4. The van der Waals surface area contributed by atoms with Crippen LogP contribution in [0.15, 0.2) is 47.6 Å². The molecule has 1 atom stereocenters. The van der Waals surface area contributed by atoms with Gasteiger partial charge in [-0.25, -0.2) is 5.01 Å². The van der Waals surface area contributed by atoms with Crippen LogP contribution >= 0.6 is 0 Å². The summed E-state index contributed by atoms with van der Waals surface area (Å²) in [7, 11) is 3.11. The molecule has 1 heterocycles. The normalized spacial score (nSPS) is 15.8. The van der Waals surface area contributed by atoms with Crippen LogP contribution < -0.4 is 9.47 Å². The molecule has 0 saturated carbocycles. The Bertz CT molecular complexity index is 954. The molecule has 3 rings (SSSR count). The van der Waals surface area contributed by atoms with Crippen LogP contribution in [0.25, 0.3) is 0 Å². The Morgan fingerprint density at radius 3 is 2.55 bits per heavy atom. The predicted octanol–water partition coefficient (Wildman–Crippen LogP) is 3.55. The van der Waals surface area contributed by atoms with Crippen LogP contribution in [0.5, 0.6) is 11.5 Å². The lowest BCUT2D eigenvalue weighted by Gasteiger charge is -2.24. The van der Waals surface area contributed by atoms with Gasteiger partial charge in [-0.15, -0.1) is 0 Å². The van der Waals surface area contributed by atoms with Crippen LogP contribution in [0.1, 0.15) is 42.0 Å². The molecule has 7 heteroatoms. The summed E-state index contributed by atoms with van der Waals surface area (Å²) >= 11 is 0. The number of carbonyl (C=O) groups excluding carboxylic acids is 1. The molecular weight excluding hydrogens is 372 g/mol. The lowest BCUT2D eigenvalue weighted by Crippen LogP contribution is -2.27. The predicted molar refractivity (Wildman–Crippen MR) is 108 cm³/mol.